The van der Waals surface area contributed by atoms with Gasteiger partial charge in [-0.05, 0) is 25.5 Å². The summed E-state index contributed by atoms with van der Waals surface area (Å²) < 4.78 is 0. The Morgan fingerprint density at radius 3 is 2.80 bits per heavy atom. The number of carbonyl (C=O) groups is 1. The molecule has 1 saturated heterocycles. The Morgan fingerprint density at radius 2 is 2.33 bits per heavy atom. The number of nitrogens with two attached hydrogens (primary N) is 1. The summed E-state index contributed by atoms with van der Waals surface area (Å²) in [6.45, 7) is 3.90. The molecule has 88 valence electrons. The molecule has 0 spiro atoms. The predicted molar refractivity (Wildman–Crippen MR) is 66.0 cm³/mol. The van der Waals surface area contributed by atoms with Crippen LogP contribution in [0.2, 0.25) is 0 Å². The van der Waals surface area contributed by atoms with E-state index in [1.165, 1.54) is 0 Å². The Hall–Kier alpha value is -0.220. The second-order valence-electron chi connectivity index (χ2n) is 4.60. The lowest BCUT2D eigenvalue weighted by Gasteiger charge is -2.32. The van der Waals surface area contributed by atoms with E-state index in [1.54, 1.807) is 0 Å². The fourth-order valence-electron chi connectivity index (χ4n) is 2.02. The van der Waals surface area contributed by atoms with Crippen LogP contribution in [-0.2, 0) is 4.79 Å². The lowest BCUT2D eigenvalue weighted by molar-refractivity contribution is -0.137. The molecule has 1 rings (SSSR count). The minimum absolute atomic E-state index is 0.0943. The van der Waals surface area contributed by atoms with Crippen molar-refractivity contribution in [1.82, 2.24) is 4.90 Å². The first-order valence-electron chi connectivity index (χ1n) is 5.63. The van der Waals surface area contributed by atoms with E-state index < -0.39 is 5.54 Å². The molecule has 0 aromatic rings. The first-order chi connectivity index (χ1) is 6.99. The molecule has 1 aliphatic rings. The lowest BCUT2D eigenvalue weighted by Crippen LogP contribution is -2.54. The van der Waals surface area contributed by atoms with Gasteiger partial charge in [-0.2, -0.15) is 11.8 Å². The van der Waals surface area contributed by atoms with Crippen LogP contribution in [0.15, 0.2) is 0 Å². The van der Waals surface area contributed by atoms with Crippen LogP contribution in [0.1, 0.15) is 33.1 Å². The number of carbonyl (C=O) groups excluding carboxylic acids is 1. The minimum Gasteiger partial charge on any atom is -0.340 e. The summed E-state index contributed by atoms with van der Waals surface area (Å²) in [7, 11) is 1.89. The average molecular weight is 230 g/mol. The minimum atomic E-state index is -0.684. The quantitative estimate of drug-likeness (QED) is 0.795. The van der Waals surface area contributed by atoms with E-state index >= 15 is 0 Å². The largest absolute Gasteiger partial charge is 0.340 e. The standard InChI is InChI=1S/C11H22N2OS/c1-4-6-11(2,12)10(14)13(3)9-5-7-15-8-9/h9H,4-8,12H2,1-3H3. The van der Waals surface area contributed by atoms with Gasteiger partial charge >= 0.3 is 0 Å². The SMILES string of the molecule is CCCC(C)(N)C(=O)N(C)C1CCSC1. The van der Waals surface area contributed by atoms with Crippen molar-refractivity contribution in [3.8, 4) is 0 Å². The molecule has 0 aromatic carbocycles. The van der Waals surface area contributed by atoms with Gasteiger partial charge in [-0.25, -0.2) is 0 Å². The highest BCUT2D eigenvalue weighted by Gasteiger charge is 2.34. The van der Waals surface area contributed by atoms with Gasteiger partial charge in [0.1, 0.15) is 0 Å². The summed E-state index contributed by atoms with van der Waals surface area (Å²) >= 11 is 1.92. The lowest BCUT2D eigenvalue weighted by atomic mass is 9.95. The summed E-state index contributed by atoms with van der Waals surface area (Å²) in [4.78, 5) is 14.0. The second-order valence-corrected chi connectivity index (χ2v) is 5.75. The maximum atomic E-state index is 12.1. The van der Waals surface area contributed by atoms with Crippen LogP contribution in [0.5, 0.6) is 0 Å². The van der Waals surface area contributed by atoms with Crippen LogP contribution in [0.4, 0.5) is 0 Å². The maximum absolute atomic E-state index is 12.1. The fraction of sp³-hybridized carbons (Fsp3) is 0.909. The molecule has 1 fully saturated rings. The van der Waals surface area contributed by atoms with Gasteiger partial charge in [0.2, 0.25) is 5.91 Å². The normalized spacial score (nSPS) is 24.9. The number of likely N-dealkylation sites (N-methyl/N-ethyl adjacent to an activating group) is 1. The third-order valence-corrected chi connectivity index (χ3v) is 4.18. The van der Waals surface area contributed by atoms with E-state index in [2.05, 4.69) is 6.92 Å². The topological polar surface area (TPSA) is 46.3 Å². The molecular formula is C11H22N2OS. The van der Waals surface area contributed by atoms with Crippen LogP contribution in [0.25, 0.3) is 0 Å². The Balaban J connectivity index is 2.57. The molecule has 0 radical (unpaired) electrons. The van der Waals surface area contributed by atoms with E-state index in [1.807, 2.05) is 30.6 Å². The summed E-state index contributed by atoms with van der Waals surface area (Å²) in [6.07, 6.45) is 2.82. The van der Waals surface area contributed by atoms with Gasteiger partial charge in [0, 0.05) is 18.8 Å². The Morgan fingerprint density at radius 1 is 1.67 bits per heavy atom. The maximum Gasteiger partial charge on any atom is 0.242 e. The van der Waals surface area contributed by atoms with Crippen molar-refractivity contribution in [3.63, 3.8) is 0 Å². The van der Waals surface area contributed by atoms with Gasteiger partial charge in [0.15, 0.2) is 0 Å². The van der Waals surface area contributed by atoms with E-state index in [4.69, 9.17) is 5.73 Å². The van der Waals surface area contributed by atoms with Gasteiger partial charge < -0.3 is 10.6 Å². The van der Waals surface area contributed by atoms with E-state index in [-0.39, 0.29) is 5.91 Å². The number of rotatable bonds is 4. The van der Waals surface area contributed by atoms with Crippen LogP contribution >= 0.6 is 11.8 Å². The van der Waals surface area contributed by atoms with Crippen molar-refractivity contribution in [3.05, 3.63) is 0 Å². The van der Waals surface area contributed by atoms with Gasteiger partial charge in [-0.1, -0.05) is 13.3 Å². The molecule has 0 saturated carbocycles. The summed E-state index contributed by atoms with van der Waals surface area (Å²) in [5, 5.41) is 0. The molecule has 2 N–H and O–H groups in total. The Kier molecular flexibility index (Phi) is 4.46. The first kappa shape index (κ1) is 12.8. The molecule has 2 unspecified atom stereocenters. The van der Waals surface area contributed by atoms with Crippen LogP contribution in [-0.4, -0.2) is 40.9 Å². The predicted octanol–water partition coefficient (Wildman–Crippen LogP) is 1.47. The smallest absolute Gasteiger partial charge is 0.242 e. The molecule has 4 heteroatoms. The van der Waals surface area contributed by atoms with E-state index in [0.29, 0.717) is 6.04 Å². The monoisotopic (exact) mass is 230 g/mol. The number of thioether (sulfide) groups is 1. The third-order valence-electron chi connectivity index (χ3n) is 3.03. The first-order valence-corrected chi connectivity index (χ1v) is 6.78. The van der Waals surface area contributed by atoms with Crippen molar-refractivity contribution in [2.24, 2.45) is 5.73 Å². The molecule has 3 nitrogen and oxygen atoms in total. The number of amides is 1. The fourth-order valence-corrected chi connectivity index (χ4v) is 3.29. The molecule has 0 aliphatic carbocycles. The van der Waals surface area contributed by atoms with Crippen molar-refractivity contribution in [1.29, 1.82) is 0 Å². The molecule has 2 atom stereocenters. The van der Waals surface area contributed by atoms with Gasteiger partial charge in [-0.15, -0.1) is 0 Å². The second kappa shape index (κ2) is 5.21. The molecule has 1 heterocycles. The zero-order valence-corrected chi connectivity index (χ0v) is 10.8. The highest BCUT2D eigenvalue weighted by atomic mass is 32.2. The molecule has 15 heavy (non-hydrogen) atoms. The van der Waals surface area contributed by atoms with E-state index in [0.717, 1.165) is 30.8 Å². The Bertz CT molecular complexity index is 225. The number of hydrogen-bond donors (Lipinski definition) is 1. The summed E-state index contributed by atoms with van der Waals surface area (Å²) in [6, 6.07) is 0.391. The van der Waals surface area contributed by atoms with Gasteiger partial charge in [-0.3, -0.25) is 4.79 Å². The van der Waals surface area contributed by atoms with Crippen LogP contribution < -0.4 is 5.73 Å². The third kappa shape index (κ3) is 3.11. The molecular weight excluding hydrogens is 208 g/mol. The van der Waals surface area contributed by atoms with Gasteiger partial charge in [0.25, 0.3) is 0 Å². The molecule has 0 aromatic heterocycles. The Labute approximate surface area is 96.8 Å². The number of nitrogens with zero attached hydrogens (tertiary/aromatic N) is 1. The highest BCUT2D eigenvalue weighted by Crippen LogP contribution is 2.23. The molecule has 1 amide bonds. The number of hydrogen-bond acceptors (Lipinski definition) is 3. The van der Waals surface area contributed by atoms with Crippen molar-refractivity contribution >= 4 is 17.7 Å². The summed E-state index contributed by atoms with van der Waals surface area (Å²) in [5.74, 6) is 2.32. The zero-order chi connectivity index (χ0) is 11.5. The summed E-state index contributed by atoms with van der Waals surface area (Å²) in [5.41, 5.74) is 5.36. The zero-order valence-electron chi connectivity index (χ0n) is 9.95. The van der Waals surface area contributed by atoms with Crippen molar-refractivity contribution < 1.29 is 4.79 Å². The molecule has 1 aliphatic heterocycles. The van der Waals surface area contributed by atoms with Crippen LogP contribution in [0, 0.1) is 0 Å². The van der Waals surface area contributed by atoms with Gasteiger partial charge in [0.05, 0.1) is 5.54 Å². The van der Waals surface area contributed by atoms with E-state index in [9.17, 15) is 4.79 Å². The average Bonchev–Trinajstić information content (AvgIpc) is 2.68. The molecule has 0 bridgehead atoms. The highest BCUT2D eigenvalue weighted by molar-refractivity contribution is 7.99. The van der Waals surface area contributed by atoms with Crippen molar-refractivity contribution in [2.75, 3.05) is 18.6 Å². The van der Waals surface area contributed by atoms with Crippen molar-refractivity contribution in [2.45, 2.75) is 44.7 Å². The van der Waals surface area contributed by atoms with Crippen LogP contribution in [0.3, 0.4) is 0 Å².